The number of carbonyl (C=O) groups excluding carboxylic acids is 1. The second kappa shape index (κ2) is 11.1. The Morgan fingerprint density at radius 2 is 2.15 bits per heavy atom. The van der Waals surface area contributed by atoms with Crippen molar-refractivity contribution >= 4 is 35.1 Å². The van der Waals surface area contributed by atoms with E-state index in [9.17, 15) is 4.79 Å². The van der Waals surface area contributed by atoms with Gasteiger partial charge in [0.15, 0.2) is 11.0 Å². The first-order valence-electron chi connectivity index (χ1n) is 8.36. The fourth-order valence-corrected chi connectivity index (χ4v) is 3.84. The van der Waals surface area contributed by atoms with Crippen LogP contribution in [0.3, 0.4) is 0 Å². The molecule has 0 aliphatic heterocycles. The zero-order valence-electron chi connectivity index (χ0n) is 15.1. The van der Waals surface area contributed by atoms with Gasteiger partial charge in [0.2, 0.25) is 5.91 Å². The van der Waals surface area contributed by atoms with Crippen LogP contribution in [-0.4, -0.2) is 39.3 Å². The van der Waals surface area contributed by atoms with E-state index in [1.807, 2.05) is 28.8 Å². The van der Waals surface area contributed by atoms with Crippen LogP contribution in [0.2, 0.25) is 0 Å². The Kier molecular flexibility index (Phi) is 8.73. The van der Waals surface area contributed by atoms with E-state index >= 15 is 0 Å². The summed E-state index contributed by atoms with van der Waals surface area (Å²) < 4.78 is 7.03. The molecule has 0 bridgehead atoms. The number of nitrogens with zero attached hydrogens (tertiary/aromatic N) is 3. The van der Waals surface area contributed by atoms with Crippen LogP contribution in [0, 0.1) is 0 Å². The van der Waals surface area contributed by atoms with Gasteiger partial charge >= 0.3 is 0 Å². The number of para-hydroxylation sites is 1. The number of anilines is 1. The van der Waals surface area contributed by atoms with E-state index < -0.39 is 0 Å². The van der Waals surface area contributed by atoms with Gasteiger partial charge in [0, 0.05) is 18.6 Å². The Labute approximate surface area is 162 Å². The number of carbonyl (C=O) groups is 1. The van der Waals surface area contributed by atoms with Crippen molar-refractivity contribution in [3.05, 3.63) is 42.7 Å². The molecular formula is C18H24N4O2S2. The number of hydrogen-bond acceptors (Lipinski definition) is 6. The third-order valence-electron chi connectivity index (χ3n) is 3.33. The van der Waals surface area contributed by atoms with Crippen molar-refractivity contribution < 1.29 is 9.53 Å². The topological polar surface area (TPSA) is 69.0 Å². The lowest BCUT2D eigenvalue weighted by atomic mass is 10.3. The molecular weight excluding hydrogens is 368 g/mol. The van der Waals surface area contributed by atoms with Crippen molar-refractivity contribution in [1.29, 1.82) is 0 Å². The molecule has 0 saturated heterocycles. The van der Waals surface area contributed by atoms with E-state index in [0.29, 0.717) is 18.3 Å². The lowest BCUT2D eigenvalue weighted by Crippen LogP contribution is -2.15. The maximum absolute atomic E-state index is 12.4. The van der Waals surface area contributed by atoms with Crippen LogP contribution in [0.4, 0.5) is 5.69 Å². The van der Waals surface area contributed by atoms with Gasteiger partial charge in [-0.1, -0.05) is 36.9 Å². The predicted molar refractivity (Wildman–Crippen MR) is 108 cm³/mol. The summed E-state index contributed by atoms with van der Waals surface area (Å²) in [5.74, 6) is 1.93. The third-order valence-corrected chi connectivity index (χ3v) is 5.58. The third kappa shape index (κ3) is 5.89. The Bertz CT molecular complexity index is 734. The summed E-state index contributed by atoms with van der Waals surface area (Å²) in [7, 11) is 1.61. The van der Waals surface area contributed by atoms with Gasteiger partial charge in [0.25, 0.3) is 0 Å². The first-order valence-corrected chi connectivity index (χ1v) is 10.3. The van der Waals surface area contributed by atoms with Crippen molar-refractivity contribution in [2.75, 3.05) is 23.9 Å². The van der Waals surface area contributed by atoms with Crippen LogP contribution >= 0.6 is 23.5 Å². The van der Waals surface area contributed by atoms with Crippen LogP contribution < -0.4 is 5.32 Å². The van der Waals surface area contributed by atoms with Crippen molar-refractivity contribution in [3.8, 4) is 0 Å². The summed E-state index contributed by atoms with van der Waals surface area (Å²) in [5.41, 5.74) is 0.851. The van der Waals surface area contributed by atoms with Crippen LogP contribution in [0.5, 0.6) is 0 Å². The highest BCUT2D eigenvalue weighted by Crippen LogP contribution is 2.27. The molecule has 2 rings (SSSR count). The van der Waals surface area contributed by atoms with Gasteiger partial charge in [-0.15, -0.1) is 28.5 Å². The molecule has 0 spiro atoms. The molecule has 140 valence electrons. The van der Waals surface area contributed by atoms with E-state index in [2.05, 4.69) is 29.0 Å². The van der Waals surface area contributed by atoms with Crippen LogP contribution in [0.1, 0.15) is 19.2 Å². The molecule has 0 aliphatic rings. The van der Waals surface area contributed by atoms with Gasteiger partial charge in [-0.3, -0.25) is 4.79 Å². The number of thioether (sulfide) groups is 2. The smallest absolute Gasteiger partial charge is 0.234 e. The van der Waals surface area contributed by atoms with Gasteiger partial charge in [-0.25, -0.2) is 0 Å². The van der Waals surface area contributed by atoms with E-state index in [1.54, 1.807) is 24.9 Å². The first-order chi connectivity index (χ1) is 12.7. The summed E-state index contributed by atoms with van der Waals surface area (Å²) in [6.07, 6.45) is 2.86. The Morgan fingerprint density at radius 1 is 1.35 bits per heavy atom. The zero-order chi connectivity index (χ0) is 18.8. The Balaban J connectivity index is 1.98. The highest BCUT2D eigenvalue weighted by Gasteiger charge is 2.14. The average Bonchev–Trinajstić information content (AvgIpc) is 3.02. The van der Waals surface area contributed by atoms with Crippen LogP contribution in [0.15, 0.2) is 47.0 Å². The lowest BCUT2D eigenvalue weighted by molar-refractivity contribution is -0.113. The molecule has 0 atom stereocenters. The number of hydrogen-bond donors (Lipinski definition) is 1. The fraction of sp³-hybridized carbons (Fsp3) is 0.389. The molecule has 0 fully saturated rings. The van der Waals surface area contributed by atoms with Gasteiger partial charge in [-0.2, -0.15) is 0 Å². The summed E-state index contributed by atoms with van der Waals surface area (Å²) in [6.45, 7) is 6.84. The normalized spacial score (nSPS) is 10.7. The second-order valence-electron chi connectivity index (χ2n) is 5.41. The molecule has 26 heavy (non-hydrogen) atoms. The summed E-state index contributed by atoms with van der Waals surface area (Å²) in [5, 5.41) is 11.9. The Hall–Kier alpha value is -1.77. The van der Waals surface area contributed by atoms with E-state index in [4.69, 9.17) is 4.74 Å². The molecule has 6 nitrogen and oxygen atoms in total. The zero-order valence-corrected chi connectivity index (χ0v) is 16.7. The largest absolute Gasteiger partial charge is 0.377 e. The van der Waals surface area contributed by atoms with Gasteiger partial charge in [0.1, 0.15) is 6.61 Å². The maximum atomic E-state index is 12.4. The number of rotatable bonds is 11. The maximum Gasteiger partial charge on any atom is 0.234 e. The molecule has 1 amide bonds. The molecule has 0 radical (unpaired) electrons. The Morgan fingerprint density at radius 3 is 2.88 bits per heavy atom. The molecule has 0 saturated carbocycles. The molecule has 1 aromatic heterocycles. The predicted octanol–water partition coefficient (Wildman–Crippen LogP) is 3.84. The molecule has 2 aromatic rings. The molecule has 1 heterocycles. The number of amides is 1. The minimum Gasteiger partial charge on any atom is -0.377 e. The number of allylic oxidation sites excluding steroid dienone is 1. The van der Waals surface area contributed by atoms with Crippen molar-refractivity contribution in [1.82, 2.24) is 14.8 Å². The molecule has 1 N–H and O–H groups in total. The fourth-order valence-electron chi connectivity index (χ4n) is 2.20. The average molecular weight is 393 g/mol. The van der Waals surface area contributed by atoms with Gasteiger partial charge < -0.3 is 14.6 Å². The highest BCUT2D eigenvalue weighted by molar-refractivity contribution is 8.00. The minimum atomic E-state index is -0.0685. The van der Waals surface area contributed by atoms with Crippen molar-refractivity contribution in [2.24, 2.45) is 0 Å². The van der Waals surface area contributed by atoms with E-state index in [1.165, 1.54) is 11.8 Å². The van der Waals surface area contributed by atoms with Crippen molar-refractivity contribution in [2.45, 2.75) is 36.5 Å². The summed E-state index contributed by atoms with van der Waals surface area (Å²) in [6, 6.07) is 7.87. The van der Waals surface area contributed by atoms with Crippen LogP contribution in [-0.2, 0) is 22.7 Å². The number of aromatic nitrogens is 3. The van der Waals surface area contributed by atoms with E-state index in [-0.39, 0.29) is 11.7 Å². The second-order valence-corrected chi connectivity index (χ2v) is 7.49. The number of benzene rings is 1. The van der Waals surface area contributed by atoms with Gasteiger partial charge in [0.05, 0.1) is 11.4 Å². The quantitative estimate of drug-likeness (QED) is 0.463. The number of nitrogens with one attached hydrogen (secondary N) is 1. The standard InChI is InChI=1S/C18H24N4O2S2/c1-4-10-22-16(12-24-3)20-21-18(22)26-13-17(23)19-14-8-6-7-9-15(14)25-11-5-2/h4,6-9H,1,5,10-13H2,2-3H3,(H,19,23). The first kappa shape index (κ1) is 20.5. The lowest BCUT2D eigenvalue weighted by Gasteiger charge is -2.10. The van der Waals surface area contributed by atoms with Gasteiger partial charge in [-0.05, 0) is 24.3 Å². The molecule has 8 heteroatoms. The van der Waals surface area contributed by atoms with Crippen molar-refractivity contribution in [3.63, 3.8) is 0 Å². The molecule has 0 aliphatic carbocycles. The van der Waals surface area contributed by atoms with E-state index in [0.717, 1.165) is 28.6 Å². The summed E-state index contributed by atoms with van der Waals surface area (Å²) in [4.78, 5) is 13.5. The molecule has 0 unspecified atom stereocenters. The summed E-state index contributed by atoms with van der Waals surface area (Å²) >= 11 is 3.10. The SMILES string of the molecule is C=CCn1c(COC)nnc1SCC(=O)Nc1ccccc1SCCC. The number of methoxy groups -OCH3 is 1. The highest BCUT2D eigenvalue weighted by atomic mass is 32.2. The van der Waals surface area contributed by atoms with Crippen LogP contribution in [0.25, 0.3) is 0 Å². The monoisotopic (exact) mass is 392 g/mol. The molecule has 1 aromatic carbocycles. The number of ether oxygens (including phenoxy) is 1. The minimum absolute atomic E-state index is 0.0685.